The summed E-state index contributed by atoms with van der Waals surface area (Å²) in [5.41, 5.74) is 1.31. The van der Waals surface area contributed by atoms with Gasteiger partial charge < -0.3 is 5.32 Å². The third-order valence-electron chi connectivity index (χ3n) is 4.79. The number of carbonyl (C=O) groups is 1. The maximum atomic E-state index is 12.4. The van der Waals surface area contributed by atoms with Crippen molar-refractivity contribution in [2.24, 2.45) is 11.8 Å². The van der Waals surface area contributed by atoms with Crippen molar-refractivity contribution in [3.05, 3.63) is 35.9 Å². The van der Waals surface area contributed by atoms with Crippen LogP contribution in [0.3, 0.4) is 0 Å². The molecule has 2 saturated carbocycles. The maximum Gasteiger partial charge on any atom is 0.223 e. The summed E-state index contributed by atoms with van der Waals surface area (Å²) in [5, 5.41) is 4.32. The van der Waals surface area contributed by atoms with E-state index in [0.717, 1.165) is 18.2 Å². The number of hydrogen-bond acceptors (Lipinski definition) is 1. The van der Waals surface area contributed by atoms with Gasteiger partial charge in [-0.25, -0.2) is 0 Å². The van der Waals surface area contributed by atoms with Crippen molar-refractivity contribution >= 4 is 21.8 Å². The molecule has 3 rings (SSSR count). The summed E-state index contributed by atoms with van der Waals surface area (Å²) in [7, 11) is 0. The molecule has 108 valence electrons. The van der Waals surface area contributed by atoms with Gasteiger partial charge >= 0.3 is 0 Å². The zero-order chi connectivity index (χ0) is 13.9. The molecule has 0 bridgehead atoms. The molecule has 2 aliphatic carbocycles. The molecule has 1 N–H and O–H groups in total. The fourth-order valence-electron chi connectivity index (χ4n) is 3.43. The van der Waals surface area contributed by atoms with Crippen LogP contribution in [0.2, 0.25) is 0 Å². The summed E-state index contributed by atoms with van der Waals surface area (Å²) >= 11 is 3.59. The summed E-state index contributed by atoms with van der Waals surface area (Å²) in [6.45, 7) is 0. The first-order chi connectivity index (χ1) is 9.79. The summed E-state index contributed by atoms with van der Waals surface area (Å²) < 4.78 is 0. The van der Waals surface area contributed by atoms with Crippen molar-refractivity contribution in [3.63, 3.8) is 0 Å². The molecule has 0 spiro atoms. The van der Waals surface area contributed by atoms with E-state index in [-0.39, 0.29) is 11.8 Å². The van der Waals surface area contributed by atoms with Gasteiger partial charge in [-0.1, -0.05) is 59.1 Å². The van der Waals surface area contributed by atoms with Crippen LogP contribution in [0.4, 0.5) is 0 Å². The third kappa shape index (κ3) is 3.08. The first-order valence-corrected chi connectivity index (χ1v) is 8.83. The zero-order valence-corrected chi connectivity index (χ0v) is 13.3. The number of alkyl halides is 1. The highest BCUT2D eigenvalue weighted by Crippen LogP contribution is 2.47. The van der Waals surface area contributed by atoms with Crippen molar-refractivity contribution in [3.8, 4) is 0 Å². The topological polar surface area (TPSA) is 29.1 Å². The van der Waals surface area contributed by atoms with E-state index in [1.54, 1.807) is 0 Å². The van der Waals surface area contributed by atoms with Crippen molar-refractivity contribution in [1.82, 2.24) is 5.32 Å². The Labute approximate surface area is 129 Å². The number of benzene rings is 1. The van der Waals surface area contributed by atoms with Gasteiger partial charge in [-0.05, 0) is 36.7 Å². The molecule has 0 aromatic heterocycles. The predicted molar refractivity (Wildman–Crippen MR) is 85.0 cm³/mol. The molecule has 0 radical (unpaired) electrons. The Kier molecular flexibility index (Phi) is 4.45. The Hall–Kier alpha value is -0.830. The van der Waals surface area contributed by atoms with Crippen LogP contribution in [-0.4, -0.2) is 17.3 Å². The van der Waals surface area contributed by atoms with Gasteiger partial charge in [-0.15, -0.1) is 0 Å². The van der Waals surface area contributed by atoms with Crippen LogP contribution in [0.25, 0.3) is 0 Å². The fourth-order valence-corrected chi connectivity index (χ4v) is 4.20. The predicted octanol–water partition coefficient (Wildman–Crippen LogP) is 3.86. The highest BCUT2D eigenvalue weighted by Gasteiger charge is 2.44. The second-order valence-corrected chi connectivity index (χ2v) is 6.82. The highest BCUT2D eigenvalue weighted by atomic mass is 79.9. The normalized spacial score (nSPS) is 32.6. The van der Waals surface area contributed by atoms with Gasteiger partial charge in [-0.3, -0.25) is 4.79 Å². The first kappa shape index (κ1) is 14.1. The number of amides is 1. The Morgan fingerprint density at radius 3 is 2.70 bits per heavy atom. The molecule has 3 heteroatoms. The lowest BCUT2D eigenvalue weighted by molar-refractivity contribution is -0.123. The molecule has 4 atom stereocenters. The fraction of sp³-hybridized carbons (Fsp3) is 0.588. The van der Waals surface area contributed by atoms with Crippen LogP contribution in [0.15, 0.2) is 30.3 Å². The standard InChI is InChI=1S/C17H22BrNO/c18-11-13-8-4-5-9-16(13)19-17(20)15-10-14(15)12-6-2-1-3-7-12/h1-3,6-7,13-16H,4-5,8-11H2,(H,19,20). The highest BCUT2D eigenvalue weighted by molar-refractivity contribution is 9.09. The minimum atomic E-state index is 0.204. The molecule has 0 aliphatic heterocycles. The van der Waals surface area contributed by atoms with Crippen LogP contribution in [0.5, 0.6) is 0 Å². The summed E-state index contributed by atoms with van der Waals surface area (Å²) in [5.74, 6) is 1.54. The molecular weight excluding hydrogens is 314 g/mol. The lowest BCUT2D eigenvalue weighted by Gasteiger charge is -2.31. The molecule has 20 heavy (non-hydrogen) atoms. The van der Waals surface area contributed by atoms with Crippen LogP contribution in [-0.2, 0) is 4.79 Å². The van der Waals surface area contributed by atoms with Crippen LogP contribution in [0.1, 0.15) is 43.6 Å². The van der Waals surface area contributed by atoms with Gasteiger partial charge in [-0.2, -0.15) is 0 Å². The summed E-state index contributed by atoms with van der Waals surface area (Å²) in [6, 6.07) is 10.8. The van der Waals surface area contributed by atoms with E-state index in [4.69, 9.17) is 0 Å². The minimum absolute atomic E-state index is 0.204. The largest absolute Gasteiger partial charge is 0.353 e. The first-order valence-electron chi connectivity index (χ1n) is 7.71. The van der Waals surface area contributed by atoms with E-state index in [9.17, 15) is 4.79 Å². The zero-order valence-electron chi connectivity index (χ0n) is 11.7. The smallest absolute Gasteiger partial charge is 0.223 e. The van der Waals surface area contributed by atoms with E-state index in [1.165, 1.54) is 24.8 Å². The Bertz CT molecular complexity index is 461. The van der Waals surface area contributed by atoms with Gasteiger partial charge in [0.25, 0.3) is 0 Å². The summed E-state index contributed by atoms with van der Waals surface area (Å²) in [6.07, 6.45) is 5.95. The van der Waals surface area contributed by atoms with Crippen LogP contribution >= 0.6 is 15.9 Å². The monoisotopic (exact) mass is 335 g/mol. The van der Waals surface area contributed by atoms with Crippen molar-refractivity contribution in [2.75, 3.05) is 5.33 Å². The van der Waals surface area contributed by atoms with Gasteiger partial charge in [0.1, 0.15) is 0 Å². The van der Waals surface area contributed by atoms with Crippen molar-refractivity contribution in [1.29, 1.82) is 0 Å². The van der Waals surface area contributed by atoms with Gasteiger partial charge in [0, 0.05) is 17.3 Å². The Morgan fingerprint density at radius 2 is 1.95 bits per heavy atom. The quantitative estimate of drug-likeness (QED) is 0.831. The van der Waals surface area contributed by atoms with Crippen LogP contribution in [0, 0.1) is 11.8 Å². The Morgan fingerprint density at radius 1 is 1.20 bits per heavy atom. The summed E-state index contributed by atoms with van der Waals surface area (Å²) in [4.78, 5) is 12.4. The van der Waals surface area contributed by atoms with E-state index in [1.807, 2.05) is 6.07 Å². The third-order valence-corrected chi connectivity index (χ3v) is 5.62. The molecule has 4 unspecified atom stereocenters. The molecule has 2 aliphatic rings. The van der Waals surface area contributed by atoms with Gasteiger partial charge in [0.2, 0.25) is 5.91 Å². The van der Waals surface area contributed by atoms with E-state index in [2.05, 4.69) is 45.5 Å². The number of carbonyl (C=O) groups excluding carboxylic acids is 1. The number of hydrogen-bond donors (Lipinski definition) is 1. The molecule has 1 aromatic rings. The molecule has 2 fully saturated rings. The van der Waals surface area contributed by atoms with Gasteiger partial charge in [0.15, 0.2) is 0 Å². The molecule has 0 heterocycles. The van der Waals surface area contributed by atoms with E-state index in [0.29, 0.717) is 17.9 Å². The molecule has 2 nitrogen and oxygen atoms in total. The molecule has 1 aromatic carbocycles. The second-order valence-electron chi connectivity index (χ2n) is 6.17. The lowest BCUT2D eigenvalue weighted by atomic mass is 9.86. The van der Waals surface area contributed by atoms with Crippen molar-refractivity contribution < 1.29 is 4.79 Å². The second kappa shape index (κ2) is 6.30. The Balaban J connectivity index is 1.56. The average molecular weight is 336 g/mol. The van der Waals surface area contributed by atoms with E-state index < -0.39 is 0 Å². The van der Waals surface area contributed by atoms with Gasteiger partial charge in [0.05, 0.1) is 0 Å². The maximum absolute atomic E-state index is 12.4. The number of rotatable bonds is 4. The molecule has 1 amide bonds. The average Bonchev–Trinajstić information content (AvgIpc) is 3.29. The molecular formula is C17H22BrNO. The van der Waals surface area contributed by atoms with Crippen LogP contribution < -0.4 is 5.32 Å². The minimum Gasteiger partial charge on any atom is -0.353 e. The number of halogens is 1. The van der Waals surface area contributed by atoms with Crippen molar-refractivity contribution in [2.45, 2.75) is 44.1 Å². The number of nitrogens with one attached hydrogen (secondary N) is 1. The lowest BCUT2D eigenvalue weighted by Crippen LogP contribution is -2.43. The molecule has 0 saturated heterocycles. The SMILES string of the molecule is O=C(NC1CCCCC1CBr)C1CC1c1ccccc1. The van der Waals surface area contributed by atoms with E-state index >= 15 is 0 Å².